The Kier molecular flexibility index (Phi) is 5.09. The van der Waals surface area contributed by atoms with Crippen LogP contribution in [0.4, 0.5) is 0 Å². The minimum atomic E-state index is 0.200. The summed E-state index contributed by atoms with van der Waals surface area (Å²) in [6, 6.07) is 0. The van der Waals surface area contributed by atoms with Crippen LogP contribution in [-0.2, 0) is 4.79 Å². The number of hydrogen-bond acceptors (Lipinski definition) is 1. The third-order valence-corrected chi connectivity index (χ3v) is 1.16. The molecule has 0 atom stereocenters. The predicted molar refractivity (Wildman–Crippen MR) is 48.4 cm³/mol. The molecular formula is C10H14O. The molecule has 0 aromatic heterocycles. The molecule has 1 nitrogen and oxygen atoms in total. The van der Waals surface area contributed by atoms with Gasteiger partial charge in [-0.25, -0.2) is 0 Å². The van der Waals surface area contributed by atoms with Gasteiger partial charge < -0.3 is 0 Å². The van der Waals surface area contributed by atoms with Gasteiger partial charge >= 0.3 is 0 Å². The van der Waals surface area contributed by atoms with E-state index in [9.17, 15) is 4.79 Å². The highest BCUT2D eigenvalue weighted by atomic mass is 16.1. The second kappa shape index (κ2) is 5.66. The SMILES string of the molecule is C=CC=CC=C(C)CC(C)=O. The molecule has 0 aromatic rings. The van der Waals surface area contributed by atoms with Crippen LogP contribution >= 0.6 is 0 Å². The van der Waals surface area contributed by atoms with Gasteiger partial charge in [0, 0.05) is 6.42 Å². The van der Waals surface area contributed by atoms with E-state index in [0.717, 1.165) is 5.57 Å². The van der Waals surface area contributed by atoms with Crippen molar-refractivity contribution >= 4 is 5.78 Å². The Bertz CT molecular complexity index is 197. The van der Waals surface area contributed by atoms with Crippen LogP contribution < -0.4 is 0 Å². The van der Waals surface area contributed by atoms with Gasteiger partial charge in [-0.1, -0.05) is 36.5 Å². The lowest BCUT2D eigenvalue weighted by molar-refractivity contribution is -0.116. The van der Waals surface area contributed by atoms with Gasteiger partial charge in [-0.15, -0.1) is 0 Å². The summed E-state index contributed by atoms with van der Waals surface area (Å²) in [5.41, 5.74) is 1.08. The lowest BCUT2D eigenvalue weighted by Gasteiger charge is -1.92. The minimum absolute atomic E-state index is 0.200. The van der Waals surface area contributed by atoms with E-state index in [1.165, 1.54) is 0 Å². The molecule has 0 aromatic carbocycles. The Hall–Kier alpha value is -1.11. The number of carbonyl (C=O) groups excluding carboxylic acids is 1. The highest BCUT2D eigenvalue weighted by Crippen LogP contribution is 1.99. The topological polar surface area (TPSA) is 17.1 Å². The molecule has 0 rings (SSSR count). The van der Waals surface area contributed by atoms with E-state index in [-0.39, 0.29) is 5.78 Å². The molecular weight excluding hydrogens is 136 g/mol. The molecule has 0 radical (unpaired) electrons. The Morgan fingerprint density at radius 3 is 2.45 bits per heavy atom. The molecule has 0 saturated carbocycles. The first-order valence-electron chi connectivity index (χ1n) is 3.61. The van der Waals surface area contributed by atoms with Gasteiger partial charge in [0.15, 0.2) is 0 Å². The fraction of sp³-hybridized carbons (Fsp3) is 0.300. The van der Waals surface area contributed by atoms with Crippen molar-refractivity contribution in [3.8, 4) is 0 Å². The number of hydrogen-bond donors (Lipinski definition) is 0. The molecule has 0 aliphatic heterocycles. The summed E-state index contributed by atoms with van der Waals surface area (Å²) in [7, 11) is 0. The monoisotopic (exact) mass is 150 g/mol. The van der Waals surface area contributed by atoms with Gasteiger partial charge in [-0.3, -0.25) is 4.79 Å². The lowest BCUT2D eigenvalue weighted by Crippen LogP contribution is -1.89. The van der Waals surface area contributed by atoms with Crippen LogP contribution in [0.1, 0.15) is 20.3 Å². The average Bonchev–Trinajstić information content (AvgIpc) is 1.86. The van der Waals surface area contributed by atoms with Crippen LogP contribution in [0.3, 0.4) is 0 Å². The first-order valence-corrected chi connectivity index (χ1v) is 3.61. The van der Waals surface area contributed by atoms with E-state index in [1.54, 1.807) is 13.0 Å². The summed E-state index contributed by atoms with van der Waals surface area (Å²) in [5.74, 6) is 0.200. The summed E-state index contributed by atoms with van der Waals surface area (Å²) < 4.78 is 0. The molecule has 0 N–H and O–H groups in total. The van der Waals surface area contributed by atoms with Crippen LogP contribution in [0, 0.1) is 0 Å². The van der Waals surface area contributed by atoms with E-state index >= 15 is 0 Å². The van der Waals surface area contributed by atoms with Crippen LogP contribution in [0.25, 0.3) is 0 Å². The van der Waals surface area contributed by atoms with Crippen molar-refractivity contribution in [2.45, 2.75) is 20.3 Å². The maximum atomic E-state index is 10.6. The summed E-state index contributed by atoms with van der Waals surface area (Å²) in [6.07, 6.45) is 7.89. The molecule has 0 saturated heterocycles. The van der Waals surface area contributed by atoms with Crippen molar-refractivity contribution in [2.24, 2.45) is 0 Å². The zero-order chi connectivity index (χ0) is 8.69. The standard InChI is InChI=1S/C10H14O/c1-4-5-6-7-9(2)8-10(3)11/h4-7H,1,8H2,2-3H3. The van der Waals surface area contributed by atoms with Gasteiger partial charge in [-0.05, 0) is 13.8 Å². The van der Waals surface area contributed by atoms with Crippen LogP contribution in [0.2, 0.25) is 0 Å². The molecule has 11 heavy (non-hydrogen) atoms. The highest BCUT2D eigenvalue weighted by Gasteiger charge is 1.92. The zero-order valence-electron chi connectivity index (χ0n) is 7.13. The Balaban J connectivity index is 3.90. The van der Waals surface area contributed by atoms with Crippen molar-refractivity contribution in [3.05, 3.63) is 36.5 Å². The molecule has 60 valence electrons. The van der Waals surface area contributed by atoms with Crippen molar-refractivity contribution in [1.82, 2.24) is 0 Å². The summed E-state index contributed by atoms with van der Waals surface area (Å²) in [4.78, 5) is 10.6. The zero-order valence-corrected chi connectivity index (χ0v) is 7.13. The summed E-state index contributed by atoms with van der Waals surface area (Å²) >= 11 is 0. The third kappa shape index (κ3) is 6.78. The maximum Gasteiger partial charge on any atom is 0.133 e. The van der Waals surface area contributed by atoms with Gasteiger partial charge in [0.05, 0.1) is 0 Å². The minimum Gasteiger partial charge on any atom is -0.300 e. The molecule has 0 unspecified atom stereocenters. The molecule has 0 aliphatic carbocycles. The van der Waals surface area contributed by atoms with Crippen LogP contribution in [-0.4, -0.2) is 5.78 Å². The number of allylic oxidation sites excluding steroid dienone is 5. The molecule has 0 fully saturated rings. The number of rotatable bonds is 4. The first kappa shape index (κ1) is 9.89. The quantitative estimate of drug-likeness (QED) is 0.563. The van der Waals surface area contributed by atoms with Crippen molar-refractivity contribution in [3.63, 3.8) is 0 Å². The van der Waals surface area contributed by atoms with Crippen LogP contribution in [0.15, 0.2) is 36.5 Å². The smallest absolute Gasteiger partial charge is 0.133 e. The van der Waals surface area contributed by atoms with E-state index in [4.69, 9.17) is 0 Å². The van der Waals surface area contributed by atoms with Gasteiger partial charge in [0.1, 0.15) is 5.78 Å². The predicted octanol–water partition coefficient (Wildman–Crippen LogP) is 2.65. The van der Waals surface area contributed by atoms with Crippen molar-refractivity contribution in [2.75, 3.05) is 0 Å². The van der Waals surface area contributed by atoms with Gasteiger partial charge in [0.25, 0.3) is 0 Å². The summed E-state index contributed by atoms with van der Waals surface area (Å²) in [6.45, 7) is 7.07. The van der Waals surface area contributed by atoms with E-state index in [0.29, 0.717) is 6.42 Å². The second-order valence-corrected chi connectivity index (χ2v) is 2.51. The van der Waals surface area contributed by atoms with Gasteiger partial charge in [-0.2, -0.15) is 0 Å². The normalized spacial score (nSPS) is 12.0. The molecule has 0 amide bonds. The Morgan fingerprint density at radius 2 is 2.00 bits per heavy atom. The third-order valence-electron chi connectivity index (χ3n) is 1.16. The fourth-order valence-corrected chi connectivity index (χ4v) is 0.750. The molecule has 0 aliphatic rings. The Labute approximate surface area is 68.1 Å². The second-order valence-electron chi connectivity index (χ2n) is 2.51. The van der Waals surface area contributed by atoms with Crippen molar-refractivity contribution < 1.29 is 4.79 Å². The van der Waals surface area contributed by atoms with Crippen molar-refractivity contribution in [1.29, 1.82) is 0 Å². The van der Waals surface area contributed by atoms with Gasteiger partial charge in [0.2, 0.25) is 0 Å². The molecule has 0 bridgehead atoms. The first-order chi connectivity index (χ1) is 5.16. The maximum absolute atomic E-state index is 10.6. The van der Waals surface area contributed by atoms with E-state index in [2.05, 4.69) is 6.58 Å². The summed E-state index contributed by atoms with van der Waals surface area (Å²) in [5, 5.41) is 0. The number of Topliss-reactive ketones (excluding diaryl/α,β-unsaturated/α-hetero) is 1. The number of ketones is 1. The van der Waals surface area contributed by atoms with E-state index < -0.39 is 0 Å². The fourth-order valence-electron chi connectivity index (χ4n) is 0.750. The van der Waals surface area contributed by atoms with Crippen LogP contribution in [0.5, 0.6) is 0 Å². The van der Waals surface area contributed by atoms with E-state index in [1.807, 2.05) is 25.2 Å². The highest BCUT2D eigenvalue weighted by molar-refractivity contribution is 5.78. The number of carbonyl (C=O) groups is 1. The molecule has 0 heterocycles. The lowest BCUT2D eigenvalue weighted by atomic mass is 10.1. The molecule has 0 spiro atoms. The largest absolute Gasteiger partial charge is 0.300 e. The average molecular weight is 150 g/mol. The Morgan fingerprint density at radius 1 is 1.36 bits per heavy atom. The molecule has 1 heteroatoms.